The molecule has 0 spiro atoms. The van der Waals surface area contributed by atoms with Crippen molar-refractivity contribution in [3.05, 3.63) is 29.5 Å². The number of nitrogens with zero attached hydrogens (tertiary/aromatic N) is 4. The highest BCUT2D eigenvalue weighted by Crippen LogP contribution is 2.26. The van der Waals surface area contributed by atoms with E-state index in [1.54, 1.807) is 6.33 Å². The molecule has 0 atom stereocenters. The zero-order chi connectivity index (χ0) is 13.9. The number of anilines is 1. The van der Waals surface area contributed by atoms with Gasteiger partial charge in [0.25, 0.3) is 0 Å². The molecule has 5 heteroatoms. The van der Waals surface area contributed by atoms with Crippen molar-refractivity contribution in [3.63, 3.8) is 0 Å². The molecule has 0 saturated carbocycles. The van der Waals surface area contributed by atoms with E-state index in [1.807, 2.05) is 18.2 Å². The fraction of sp³-hybridized carbons (Fsp3) is 0.467. The lowest BCUT2D eigenvalue weighted by molar-refractivity contribution is 0.310. The van der Waals surface area contributed by atoms with Crippen LogP contribution in [0.3, 0.4) is 0 Å². The minimum Gasteiger partial charge on any atom is -0.355 e. The molecule has 0 amide bonds. The van der Waals surface area contributed by atoms with Gasteiger partial charge >= 0.3 is 0 Å². The van der Waals surface area contributed by atoms with Gasteiger partial charge in [-0.05, 0) is 37.7 Å². The van der Waals surface area contributed by atoms with Crippen LogP contribution in [-0.2, 0) is 0 Å². The van der Waals surface area contributed by atoms with Crippen molar-refractivity contribution in [3.8, 4) is 0 Å². The molecule has 0 bridgehead atoms. The van der Waals surface area contributed by atoms with Crippen LogP contribution >= 0.6 is 11.6 Å². The molecule has 1 fully saturated rings. The summed E-state index contributed by atoms with van der Waals surface area (Å²) in [4.78, 5) is 13.7. The standard InChI is InChI=1S/C15H19ClN4/c1-2-19-6-3-7-20(9-8-19)15-13-5-4-12(16)10-14(13)17-11-18-15/h4-5,10-11H,2-3,6-9H2,1H3. The van der Waals surface area contributed by atoms with Crippen LogP contribution in [0.25, 0.3) is 10.9 Å². The maximum atomic E-state index is 6.04. The topological polar surface area (TPSA) is 32.3 Å². The highest BCUT2D eigenvalue weighted by molar-refractivity contribution is 6.31. The van der Waals surface area contributed by atoms with Crippen molar-refractivity contribution in [2.24, 2.45) is 0 Å². The molecular formula is C15H19ClN4. The van der Waals surface area contributed by atoms with Crippen molar-refractivity contribution < 1.29 is 0 Å². The van der Waals surface area contributed by atoms with Crippen LogP contribution in [-0.4, -0.2) is 47.6 Å². The zero-order valence-electron chi connectivity index (χ0n) is 11.7. The first kappa shape index (κ1) is 13.6. The fourth-order valence-corrected chi connectivity index (χ4v) is 2.93. The summed E-state index contributed by atoms with van der Waals surface area (Å²) >= 11 is 6.04. The predicted octanol–water partition coefficient (Wildman–Crippen LogP) is 2.82. The first-order chi connectivity index (χ1) is 9.78. The van der Waals surface area contributed by atoms with Crippen molar-refractivity contribution in [2.75, 3.05) is 37.6 Å². The molecule has 1 aliphatic rings. The van der Waals surface area contributed by atoms with Gasteiger partial charge in [-0.2, -0.15) is 0 Å². The van der Waals surface area contributed by atoms with Crippen LogP contribution < -0.4 is 4.90 Å². The second-order valence-electron chi connectivity index (χ2n) is 5.13. The number of fused-ring (bicyclic) bond motifs is 1. The van der Waals surface area contributed by atoms with Crippen LogP contribution in [0.15, 0.2) is 24.5 Å². The summed E-state index contributed by atoms with van der Waals surface area (Å²) < 4.78 is 0. The molecule has 4 nitrogen and oxygen atoms in total. The Morgan fingerprint density at radius 2 is 2.05 bits per heavy atom. The molecule has 2 heterocycles. The van der Waals surface area contributed by atoms with Crippen LogP contribution in [0, 0.1) is 0 Å². The lowest BCUT2D eigenvalue weighted by Gasteiger charge is -2.23. The van der Waals surface area contributed by atoms with E-state index < -0.39 is 0 Å². The molecule has 2 aromatic rings. The Labute approximate surface area is 124 Å². The van der Waals surface area contributed by atoms with Crippen LogP contribution in [0.2, 0.25) is 5.02 Å². The number of benzene rings is 1. The zero-order valence-corrected chi connectivity index (χ0v) is 12.5. The molecule has 1 saturated heterocycles. The summed E-state index contributed by atoms with van der Waals surface area (Å²) in [6.45, 7) is 7.66. The predicted molar refractivity (Wildman–Crippen MR) is 83.5 cm³/mol. The summed E-state index contributed by atoms with van der Waals surface area (Å²) in [6, 6.07) is 5.83. The van der Waals surface area contributed by atoms with E-state index in [0.717, 1.165) is 47.9 Å². The normalized spacial score (nSPS) is 17.4. The Morgan fingerprint density at radius 3 is 2.90 bits per heavy atom. The third-order valence-corrected chi connectivity index (χ3v) is 4.15. The fourth-order valence-electron chi connectivity index (χ4n) is 2.77. The van der Waals surface area contributed by atoms with E-state index >= 15 is 0 Å². The van der Waals surface area contributed by atoms with Gasteiger partial charge < -0.3 is 9.80 Å². The Kier molecular flexibility index (Phi) is 4.03. The van der Waals surface area contributed by atoms with Gasteiger partial charge in [0.1, 0.15) is 12.1 Å². The van der Waals surface area contributed by atoms with Crippen molar-refractivity contribution in [1.82, 2.24) is 14.9 Å². The molecule has 20 heavy (non-hydrogen) atoms. The quantitative estimate of drug-likeness (QED) is 0.851. The van der Waals surface area contributed by atoms with Crippen LogP contribution in [0.1, 0.15) is 13.3 Å². The Morgan fingerprint density at radius 1 is 1.15 bits per heavy atom. The summed E-state index contributed by atoms with van der Waals surface area (Å²) in [6.07, 6.45) is 2.81. The Balaban J connectivity index is 1.93. The third kappa shape index (κ3) is 2.72. The molecule has 0 N–H and O–H groups in total. The van der Waals surface area contributed by atoms with Crippen LogP contribution in [0.4, 0.5) is 5.82 Å². The summed E-state index contributed by atoms with van der Waals surface area (Å²) in [5.74, 6) is 1.03. The highest BCUT2D eigenvalue weighted by Gasteiger charge is 2.17. The Bertz CT molecular complexity index is 601. The van der Waals surface area contributed by atoms with E-state index in [9.17, 15) is 0 Å². The highest BCUT2D eigenvalue weighted by atomic mass is 35.5. The third-order valence-electron chi connectivity index (χ3n) is 3.91. The van der Waals surface area contributed by atoms with E-state index in [1.165, 1.54) is 13.0 Å². The Hall–Kier alpha value is -1.39. The lowest BCUT2D eigenvalue weighted by Crippen LogP contribution is -2.31. The monoisotopic (exact) mass is 290 g/mol. The maximum absolute atomic E-state index is 6.04. The SMILES string of the molecule is CCN1CCCN(c2ncnc3cc(Cl)ccc23)CC1. The minimum atomic E-state index is 0.718. The number of halogens is 1. The molecular weight excluding hydrogens is 272 g/mol. The molecule has 1 aromatic heterocycles. The first-order valence-corrected chi connectivity index (χ1v) is 7.53. The summed E-state index contributed by atoms with van der Waals surface area (Å²) in [5, 5.41) is 1.80. The smallest absolute Gasteiger partial charge is 0.139 e. The minimum absolute atomic E-state index is 0.718. The lowest BCUT2D eigenvalue weighted by atomic mass is 10.2. The van der Waals surface area contributed by atoms with E-state index in [4.69, 9.17) is 11.6 Å². The molecule has 3 rings (SSSR count). The molecule has 1 aliphatic heterocycles. The van der Waals surface area contributed by atoms with Gasteiger partial charge in [0.2, 0.25) is 0 Å². The molecule has 106 valence electrons. The van der Waals surface area contributed by atoms with Gasteiger partial charge in [-0.15, -0.1) is 0 Å². The van der Waals surface area contributed by atoms with Crippen molar-refractivity contribution >= 4 is 28.3 Å². The number of hydrogen-bond acceptors (Lipinski definition) is 4. The van der Waals surface area contributed by atoms with Crippen molar-refractivity contribution in [1.29, 1.82) is 0 Å². The number of rotatable bonds is 2. The summed E-state index contributed by atoms with van der Waals surface area (Å²) in [5.41, 5.74) is 0.916. The van der Waals surface area contributed by atoms with Gasteiger partial charge in [0.15, 0.2) is 0 Å². The molecule has 0 radical (unpaired) electrons. The molecule has 1 aromatic carbocycles. The summed E-state index contributed by atoms with van der Waals surface area (Å²) in [7, 11) is 0. The van der Waals surface area contributed by atoms with Gasteiger partial charge in [-0.3, -0.25) is 0 Å². The van der Waals surface area contributed by atoms with Gasteiger partial charge in [-0.1, -0.05) is 18.5 Å². The first-order valence-electron chi connectivity index (χ1n) is 7.15. The van der Waals surface area contributed by atoms with Gasteiger partial charge in [0.05, 0.1) is 5.52 Å². The number of likely N-dealkylation sites (N-methyl/N-ethyl adjacent to an activating group) is 1. The van der Waals surface area contributed by atoms with E-state index in [2.05, 4.69) is 26.7 Å². The number of aromatic nitrogens is 2. The second kappa shape index (κ2) is 5.94. The van der Waals surface area contributed by atoms with Crippen LogP contribution in [0.5, 0.6) is 0 Å². The van der Waals surface area contributed by atoms with Crippen molar-refractivity contribution in [2.45, 2.75) is 13.3 Å². The van der Waals surface area contributed by atoms with Gasteiger partial charge in [0, 0.05) is 30.0 Å². The molecule has 0 aliphatic carbocycles. The largest absolute Gasteiger partial charge is 0.355 e. The number of hydrogen-bond donors (Lipinski definition) is 0. The molecule has 0 unspecified atom stereocenters. The van der Waals surface area contributed by atoms with E-state index in [-0.39, 0.29) is 0 Å². The maximum Gasteiger partial charge on any atom is 0.139 e. The average Bonchev–Trinajstić information content (AvgIpc) is 2.71. The van der Waals surface area contributed by atoms with E-state index in [0.29, 0.717) is 0 Å². The average molecular weight is 291 g/mol. The van der Waals surface area contributed by atoms with Gasteiger partial charge in [-0.25, -0.2) is 9.97 Å². The second-order valence-corrected chi connectivity index (χ2v) is 5.57.